The predicted molar refractivity (Wildman–Crippen MR) is 114 cm³/mol. The Balaban J connectivity index is 1.39. The Kier molecular flexibility index (Phi) is 5.78. The highest BCUT2D eigenvalue weighted by atomic mass is 32.1. The number of benzene rings is 2. The number of aromatic nitrogens is 1. The number of methoxy groups -OCH3 is 2. The van der Waals surface area contributed by atoms with Crippen molar-refractivity contribution in [2.75, 3.05) is 26.1 Å². The van der Waals surface area contributed by atoms with Crippen LogP contribution in [0.5, 0.6) is 11.5 Å². The minimum atomic E-state index is -0.223. The van der Waals surface area contributed by atoms with Gasteiger partial charge in [0, 0.05) is 30.6 Å². The first kappa shape index (κ1) is 19.4. The van der Waals surface area contributed by atoms with Gasteiger partial charge < -0.3 is 9.47 Å². The van der Waals surface area contributed by atoms with Crippen LogP contribution in [0.3, 0.4) is 0 Å². The third kappa shape index (κ3) is 4.41. The minimum absolute atomic E-state index is 0.223. The highest BCUT2D eigenvalue weighted by molar-refractivity contribution is 7.14. The number of carbonyl (C=O) groups excluding carboxylic acids is 1. The summed E-state index contributed by atoms with van der Waals surface area (Å²) in [5.74, 6) is 0.882. The van der Waals surface area contributed by atoms with Gasteiger partial charge in [0.2, 0.25) is 0 Å². The van der Waals surface area contributed by atoms with Gasteiger partial charge in [-0.1, -0.05) is 24.3 Å². The molecular formula is C22H23N3O3S. The first-order valence-corrected chi connectivity index (χ1v) is 10.3. The number of carbonyl (C=O) groups is 1. The van der Waals surface area contributed by atoms with E-state index in [1.807, 2.05) is 5.38 Å². The maximum Gasteiger partial charge on any atom is 0.257 e. The van der Waals surface area contributed by atoms with Gasteiger partial charge in [-0.05, 0) is 35.7 Å². The molecule has 4 rings (SSSR count). The Morgan fingerprint density at radius 2 is 1.93 bits per heavy atom. The van der Waals surface area contributed by atoms with E-state index in [-0.39, 0.29) is 5.91 Å². The van der Waals surface area contributed by atoms with Crippen LogP contribution in [0.4, 0.5) is 5.13 Å². The second-order valence-corrected chi connectivity index (χ2v) is 7.76. The van der Waals surface area contributed by atoms with E-state index in [1.54, 1.807) is 32.4 Å². The maximum absolute atomic E-state index is 12.6. The number of anilines is 1. The second-order valence-electron chi connectivity index (χ2n) is 6.90. The SMILES string of the molecule is COc1ccc(C(=O)Nc2nc(CN3CCc4ccccc4C3)cs2)cc1OC. The molecular weight excluding hydrogens is 386 g/mol. The predicted octanol–water partition coefficient (Wildman–Crippen LogP) is 3.97. The summed E-state index contributed by atoms with van der Waals surface area (Å²) in [6, 6.07) is 13.7. The van der Waals surface area contributed by atoms with Gasteiger partial charge in [0.15, 0.2) is 16.6 Å². The zero-order valence-electron chi connectivity index (χ0n) is 16.5. The van der Waals surface area contributed by atoms with Gasteiger partial charge in [0.1, 0.15) is 0 Å². The Bertz CT molecular complexity index is 1020. The highest BCUT2D eigenvalue weighted by Gasteiger charge is 2.18. The van der Waals surface area contributed by atoms with Crippen molar-refractivity contribution in [1.29, 1.82) is 0 Å². The Morgan fingerprint density at radius 1 is 1.14 bits per heavy atom. The number of fused-ring (bicyclic) bond motifs is 1. The lowest BCUT2D eigenvalue weighted by Gasteiger charge is -2.27. The number of amides is 1. The highest BCUT2D eigenvalue weighted by Crippen LogP contribution is 2.28. The van der Waals surface area contributed by atoms with Crippen LogP contribution in [0, 0.1) is 0 Å². The summed E-state index contributed by atoms with van der Waals surface area (Å²) in [5, 5.41) is 5.47. The summed E-state index contributed by atoms with van der Waals surface area (Å²) in [4.78, 5) is 19.5. The average molecular weight is 410 g/mol. The number of thiazole rings is 1. The van der Waals surface area contributed by atoms with Crippen LogP contribution in [-0.4, -0.2) is 36.6 Å². The van der Waals surface area contributed by atoms with E-state index in [4.69, 9.17) is 9.47 Å². The van der Waals surface area contributed by atoms with E-state index in [9.17, 15) is 4.79 Å². The topological polar surface area (TPSA) is 63.7 Å². The standard InChI is InChI=1S/C22H23N3O3S/c1-27-19-8-7-16(11-20(19)28-2)21(26)24-22-23-18(14-29-22)13-25-10-9-15-5-3-4-6-17(15)12-25/h3-8,11,14H,9-10,12-13H2,1-2H3,(H,23,24,26). The van der Waals surface area contributed by atoms with Gasteiger partial charge in [0.25, 0.3) is 5.91 Å². The lowest BCUT2D eigenvalue weighted by atomic mass is 10.00. The third-order valence-electron chi connectivity index (χ3n) is 5.01. The summed E-state index contributed by atoms with van der Waals surface area (Å²) in [5.41, 5.74) is 4.28. The number of nitrogens with zero attached hydrogens (tertiary/aromatic N) is 2. The van der Waals surface area contributed by atoms with Crippen molar-refractivity contribution in [3.63, 3.8) is 0 Å². The number of hydrogen-bond donors (Lipinski definition) is 1. The van der Waals surface area contributed by atoms with Crippen LogP contribution in [0.15, 0.2) is 47.8 Å². The molecule has 6 nitrogen and oxygen atoms in total. The number of ether oxygens (including phenoxy) is 2. The maximum atomic E-state index is 12.6. The zero-order valence-corrected chi connectivity index (χ0v) is 17.3. The number of rotatable bonds is 6. The molecule has 0 spiro atoms. The first-order valence-electron chi connectivity index (χ1n) is 9.43. The summed E-state index contributed by atoms with van der Waals surface area (Å²) in [6.45, 7) is 2.72. The molecule has 1 amide bonds. The molecule has 2 heterocycles. The van der Waals surface area contributed by atoms with Gasteiger partial charge in [-0.15, -0.1) is 11.3 Å². The molecule has 1 aliphatic rings. The van der Waals surface area contributed by atoms with Crippen molar-refractivity contribution in [2.45, 2.75) is 19.5 Å². The molecule has 2 aromatic carbocycles. The molecule has 3 aromatic rings. The molecule has 0 radical (unpaired) electrons. The van der Waals surface area contributed by atoms with Gasteiger partial charge in [-0.2, -0.15) is 0 Å². The van der Waals surface area contributed by atoms with Crippen molar-refractivity contribution in [3.8, 4) is 11.5 Å². The van der Waals surface area contributed by atoms with E-state index in [1.165, 1.54) is 22.5 Å². The molecule has 0 atom stereocenters. The third-order valence-corrected chi connectivity index (χ3v) is 5.82. The summed E-state index contributed by atoms with van der Waals surface area (Å²) in [7, 11) is 3.11. The van der Waals surface area contributed by atoms with E-state index in [0.717, 1.165) is 31.7 Å². The fourth-order valence-corrected chi connectivity index (χ4v) is 4.20. The number of hydrogen-bond acceptors (Lipinski definition) is 6. The van der Waals surface area contributed by atoms with Crippen LogP contribution in [0.25, 0.3) is 0 Å². The second kappa shape index (κ2) is 8.63. The van der Waals surface area contributed by atoms with Crippen LogP contribution in [0.1, 0.15) is 27.2 Å². The van der Waals surface area contributed by atoms with Crippen LogP contribution in [-0.2, 0) is 19.5 Å². The molecule has 0 bridgehead atoms. The normalized spacial score (nSPS) is 13.6. The summed E-state index contributed by atoms with van der Waals surface area (Å²) in [6.07, 6.45) is 1.06. The Morgan fingerprint density at radius 3 is 2.72 bits per heavy atom. The van der Waals surface area contributed by atoms with Crippen molar-refractivity contribution >= 4 is 22.4 Å². The summed E-state index contributed by atoms with van der Waals surface area (Å²) >= 11 is 1.44. The smallest absolute Gasteiger partial charge is 0.257 e. The van der Waals surface area contributed by atoms with Gasteiger partial charge in [0.05, 0.1) is 19.9 Å². The van der Waals surface area contributed by atoms with Crippen molar-refractivity contribution in [3.05, 3.63) is 70.2 Å². The van der Waals surface area contributed by atoms with Crippen molar-refractivity contribution < 1.29 is 14.3 Å². The van der Waals surface area contributed by atoms with E-state index < -0.39 is 0 Å². The van der Waals surface area contributed by atoms with Crippen LogP contribution < -0.4 is 14.8 Å². The lowest BCUT2D eigenvalue weighted by molar-refractivity contribution is 0.102. The number of nitrogens with one attached hydrogen (secondary N) is 1. The van der Waals surface area contributed by atoms with E-state index >= 15 is 0 Å². The van der Waals surface area contributed by atoms with Gasteiger partial charge >= 0.3 is 0 Å². The fraction of sp³-hybridized carbons (Fsp3) is 0.273. The van der Waals surface area contributed by atoms with E-state index in [0.29, 0.717) is 22.2 Å². The fourth-order valence-electron chi connectivity index (χ4n) is 3.50. The van der Waals surface area contributed by atoms with Crippen molar-refractivity contribution in [2.24, 2.45) is 0 Å². The summed E-state index contributed by atoms with van der Waals surface area (Å²) < 4.78 is 10.5. The molecule has 1 N–H and O–H groups in total. The molecule has 1 aromatic heterocycles. The van der Waals surface area contributed by atoms with Crippen molar-refractivity contribution in [1.82, 2.24) is 9.88 Å². The molecule has 0 saturated heterocycles. The molecule has 7 heteroatoms. The monoisotopic (exact) mass is 409 g/mol. The molecule has 0 aliphatic carbocycles. The molecule has 0 unspecified atom stereocenters. The molecule has 0 saturated carbocycles. The van der Waals surface area contributed by atoms with Gasteiger partial charge in [-0.3, -0.25) is 15.0 Å². The molecule has 29 heavy (non-hydrogen) atoms. The minimum Gasteiger partial charge on any atom is -0.493 e. The first-order chi connectivity index (χ1) is 14.2. The average Bonchev–Trinajstić information content (AvgIpc) is 3.19. The molecule has 1 aliphatic heterocycles. The van der Waals surface area contributed by atoms with Crippen LogP contribution >= 0.6 is 11.3 Å². The Labute approximate surface area is 174 Å². The zero-order chi connectivity index (χ0) is 20.2. The van der Waals surface area contributed by atoms with Gasteiger partial charge in [-0.25, -0.2) is 4.98 Å². The largest absolute Gasteiger partial charge is 0.493 e. The lowest BCUT2D eigenvalue weighted by Crippen LogP contribution is -2.30. The van der Waals surface area contributed by atoms with Crippen LogP contribution in [0.2, 0.25) is 0 Å². The molecule has 150 valence electrons. The van der Waals surface area contributed by atoms with E-state index in [2.05, 4.69) is 39.5 Å². The molecule has 0 fully saturated rings. The Hall–Kier alpha value is -2.90. The quantitative estimate of drug-likeness (QED) is 0.667.